The number of halogens is 1. The highest BCUT2D eigenvalue weighted by Gasteiger charge is 2.56. The van der Waals surface area contributed by atoms with Gasteiger partial charge in [0.2, 0.25) is 0 Å². The molecule has 112 valence electrons. The van der Waals surface area contributed by atoms with E-state index in [-0.39, 0.29) is 22.6 Å². The van der Waals surface area contributed by atoms with Gasteiger partial charge in [-0.25, -0.2) is 0 Å². The summed E-state index contributed by atoms with van der Waals surface area (Å²) in [5.41, 5.74) is 0.412. The predicted octanol–water partition coefficient (Wildman–Crippen LogP) is 0.835. The van der Waals surface area contributed by atoms with Gasteiger partial charge in [-0.2, -0.15) is 0 Å². The van der Waals surface area contributed by atoms with Crippen molar-refractivity contribution in [1.29, 1.82) is 0 Å². The van der Waals surface area contributed by atoms with E-state index >= 15 is 0 Å². The number of phenols is 2. The molecular formula is C14H23ClN2O2S+2. The van der Waals surface area contributed by atoms with E-state index in [9.17, 15) is 10.2 Å². The highest BCUT2D eigenvalue weighted by atomic mass is 35.5. The van der Waals surface area contributed by atoms with Crippen molar-refractivity contribution in [2.75, 3.05) is 6.26 Å². The van der Waals surface area contributed by atoms with E-state index in [1.54, 1.807) is 23.9 Å². The molecule has 1 aliphatic heterocycles. The zero-order valence-corrected chi connectivity index (χ0v) is 13.8. The molecule has 0 radical (unpaired) electrons. The molecule has 6 N–H and O–H groups in total. The molecule has 4 nitrogen and oxygen atoms in total. The maximum atomic E-state index is 10.2. The minimum Gasteiger partial charge on any atom is -0.508 e. The Morgan fingerprint density at radius 2 is 1.85 bits per heavy atom. The highest BCUT2D eigenvalue weighted by molar-refractivity contribution is 8.00. The summed E-state index contributed by atoms with van der Waals surface area (Å²) >= 11 is 8.26. The van der Waals surface area contributed by atoms with Gasteiger partial charge in [-0.05, 0) is 50.9 Å². The Balaban J connectivity index is 2.46. The smallest absolute Gasteiger partial charge is 0.349 e. The summed E-state index contributed by atoms with van der Waals surface area (Å²) < 4.78 is -0.555. The third-order valence-electron chi connectivity index (χ3n) is 3.84. The van der Waals surface area contributed by atoms with Crippen LogP contribution in [0.25, 0.3) is 0 Å². The normalized spacial score (nSPS) is 33.0. The standard InChI is InChI=1S/C14H21ClN2O2S/c1-12(2)8-13(3,17-14(15,16-12)20-4)10-6-5-9(18)7-11(10)19/h5-7,16-19H,8H2,1-4H3/p+2/t13-,14-/m0/s1. The van der Waals surface area contributed by atoms with Crippen LogP contribution in [0.5, 0.6) is 11.5 Å². The SMILES string of the molecule is CS[C@@]1(Cl)[NH2+]C(C)(C)C[C@@](C)(c2ccc(O)cc2O)[NH2+]1. The van der Waals surface area contributed by atoms with Crippen molar-refractivity contribution in [1.82, 2.24) is 0 Å². The van der Waals surface area contributed by atoms with Crippen LogP contribution in [0.4, 0.5) is 0 Å². The van der Waals surface area contributed by atoms with Gasteiger partial charge < -0.3 is 10.2 Å². The van der Waals surface area contributed by atoms with Crippen LogP contribution in [-0.2, 0) is 5.54 Å². The fourth-order valence-electron chi connectivity index (χ4n) is 3.35. The van der Waals surface area contributed by atoms with Crippen molar-refractivity contribution in [3.8, 4) is 11.5 Å². The maximum absolute atomic E-state index is 10.2. The second-order valence-corrected chi connectivity index (χ2v) is 8.41. The molecule has 1 aliphatic rings. The Hall–Kier alpha value is -0.620. The summed E-state index contributed by atoms with van der Waals surface area (Å²) in [7, 11) is 0. The first-order valence-corrected chi connectivity index (χ1v) is 8.20. The first-order valence-electron chi connectivity index (χ1n) is 6.60. The number of rotatable bonds is 2. The summed E-state index contributed by atoms with van der Waals surface area (Å²) in [6, 6.07) is 4.77. The van der Waals surface area contributed by atoms with E-state index in [1.807, 2.05) is 6.26 Å². The molecule has 0 bridgehead atoms. The first-order chi connectivity index (χ1) is 9.09. The van der Waals surface area contributed by atoms with Gasteiger partial charge in [0.05, 0.1) is 12.0 Å². The molecule has 0 saturated carbocycles. The number of phenolic OH excluding ortho intramolecular Hbond substituents is 2. The summed E-state index contributed by atoms with van der Waals surface area (Å²) in [4.78, 5) is 0. The van der Waals surface area contributed by atoms with Gasteiger partial charge in [0.25, 0.3) is 0 Å². The highest BCUT2D eigenvalue weighted by Crippen LogP contribution is 2.36. The van der Waals surface area contributed by atoms with Crippen LogP contribution < -0.4 is 10.6 Å². The number of quaternary nitrogens is 2. The lowest BCUT2D eigenvalue weighted by molar-refractivity contribution is -0.978. The lowest BCUT2D eigenvalue weighted by Gasteiger charge is -2.45. The van der Waals surface area contributed by atoms with Crippen LogP contribution >= 0.6 is 23.4 Å². The zero-order chi connectivity index (χ0) is 15.2. The fourth-order valence-corrected chi connectivity index (χ4v) is 4.70. The van der Waals surface area contributed by atoms with Crippen LogP contribution in [0, 0.1) is 0 Å². The predicted molar refractivity (Wildman–Crippen MR) is 81.8 cm³/mol. The fraction of sp³-hybridized carbons (Fsp3) is 0.571. The molecule has 1 aromatic carbocycles. The molecular weight excluding hydrogens is 296 g/mol. The molecule has 0 amide bonds. The number of benzene rings is 1. The Labute approximate surface area is 128 Å². The topological polar surface area (TPSA) is 73.7 Å². The van der Waals surface area contributed by atoms with Gasteiger partial charge in [-0.3, -0.25) is 10.6 Å². The Kier molecular flexibility index (Phi) is 3.93. The summed E-state index contributed by atoms with van der Waals surface area (Å²) in [5, 5.41) is 23.9. The molecule has 0 unspecified atom stereocenters. The summed E-state index contributed by atoms with van der Waals surface area (Å²) in [6.07, 6.45) is 2.84. The van der Waals surface area contributed by atoms with Crippen LogP contribution in [-0.4, -0.2) is 26.5 Å². The second kappa shape index (κ2) is 4.98. The van der Waals surface area contributed by atoms with Gasteiger partial charge in [0.1, 0.15) is 22.6 Å². The lowest BCUT2D eigenvalue weighted by atomic mass is 9.78. The summed E-state index contributed by atoms with van der Waals surface area (Å²) in [5.74, 6) is 0.181. The van der Waals surface area contributed by atoms with Gasteiger partial charge in [0.15, 0.2) is 0 Å². The summed E-state index contributed by atoms with van der Waals surface area (Å²) in [6.45, 7) is 6.40. The van der Waals surface area contributed by atoms with Gasteiger partial charge >= 0.3 is 4.45 Å². The van der Waals surface area contributed by atoms with E-state index in [4.69, 9.17) is 11.6 Å². The van der Waals surface area contributed by atoms with Crippen molar-refractivity contribution < 1.29 is 20.8 Å². The van der Waals surface area contributed by atoms with Crippen molar-refractivity contribution in [3.63, 3.8) is 0 Å². The number of alkyl halides is 1. The molecule has 0 spiro atoms. The second-order valence-electron chi connectivity index (χ2n) is 6.47. The van der Waals surface area contributed by atoms with E-state index in [2.05, 4.69) is 31.4 Å². The van der Waals surface area contributed by atoms with Crippen molar-refractivity contribution in [3.05, 3.63) is 23.8 Å². The minimum atomic E-state index is -0.555. The largest absolute Gasteiger partial charge is 0.508 e. The van der Waals surface area contributed by atoms with Crippen LogP contribution in [0.15, 0.2) is 18.2 Å². The minimum absolute atomic E-state index is 0.0431. The van der Waals surface area contributed by atoms with Gasteiger partial charge in [-0.15, -0.1) is 0 Å². The van der Waals surface area contributed by atoms with E-state index in [1.165, 1.54) is 6.07 Å². The number of nitrogens with two attached hydrogens (primary N) is 2. The average Bonchev–Trinajstić information content (AvgIpc) is 2.25. The Bertz CT molecular complexity index is 526. The van der Waals surface area contributed by atoms with Gasteiger partial charge in [-0.1, -0.05) is 0 Å². The van der Waals surface area contributed by atoms with E-state index in [0.29, 0.717) is 0 Å². The number of thioether (sulfide) groups is 1. The van der Waals surface area contributed by atoms with E-state index < -0.39 is 4.45 Å². The molecule has 1 aromatic rings. The third kappa shape index (κ3) is 3.01. The zero-order valence-electron chi connectivity index (χ0n) is 12.3. The average molecular weight is 319 g/mol. The van der Waals surface area contributed by atoms with Crippen LogP contribution in [0.2, 0.25) is 0 Å². The number of aromatic hydroxyl groups is 2. The van der Waals surface area contributed by atoms with Crippen molar-refractivity contribution >= 4 is 23.4 Å². The van der Waals surface area contributed by atoms with Crippen LogP contribution in [0.1, 0.15) is 32.8 Å². The first kappa shape index (κ1) is 15.8. The Morgan fingerprint density at radius 3 is 2.40 bits per heavy atom. The van der Waals surface area contributed by atoms with Crippen molar-refractivity contribution in [2.24, 2.45) is 0 Å². The third-order valence-corrected chi connectivity index (χ3v) is 5.38. The lowest BCUT2D eigenvalue weighted by Crippen LogP contribution is -3.26. The van der Waals surface area contributed by atoms with E-state index in [0.717, 1.165) is 12.0 Å². The molecule has 0 aliphatic carbocycles. The molecule has 0 aromatic heterocycles. The van der Waals surface area contributed by atoms with Gasteiger partial charge in [0, 0.05) is 17.7 Å². The molecule has 2 rings (SSSR count). The monoisotopic (exact) mass is 318 g/mol. The maximum Gasteiger partial charge on any atom is 0.349 e. The number of hydrogen-bond donors (Lipinski definition) is 4. The molecule has 20 heavy (non-hydrogen) atoms. The van der Waals surface area contributed by atoms with Crippen LogP contribution in [0.3, 0.4) is 0 Å². The molecule has 2 atom stereocenters. The molecule has 1 saturated heterocycles. The number of hydrogen-bond acceptors (Lipinski definition) is 3. The van der Waals surface area contributed by atoms with Crippen molar-refractivity contribution in [2.45, 2.75) is 42.7 Å². The molecule has 1 fully saturated rings. The quantitative estimate of drug-likeness (QED) is 0.482. The molecule has 1 heterocycles. The molecule has 6 heteroatoms. The Morgan fingerprint density at radius 1 is 1.20 bits per heavy atom.